The van der Waals surface area contributed by atoms with Gasteiger partial charge in [-0.1, -0.05) is 23.4 Å². The van der Waals surface area contributed by atoms with Gasteiger partial charge in [-0.3, -0.25) is 0 Å². The first-order valence-electron chi connectivity index (χ1n) is 7.92. The Morgan fingerprint density at radius 1 is 1.21 bits per heavy atom. The molecule has 0 amide bonds. The van der Waals surface area contributed by atoms with Crippen molar-refractivity contribution in [1.29, 1.82) is 0 Å². The number of hydrogen-bond acceptors (Lipinski definition) is 6. The molecule has 6 heteroatoms. The Labute approximate surface area is 150 Å². The van der Waals surface area contributed by atoms with Gasteiger partial charge in [-0.05, 0) is 55.4 Å². The highest BCUT2D eigenvalue weighted by atomic mass is 32.2. The van der Waals surface area contributed by atoms with Crippen molar-refractivity contribution >= 4 is 23.1 Å². The number of rotatable bonds is 8. The van der Waals surface area contributed by atoms with E-state index in [1.165, 1.54) is 10.5 Å². The van der Waals surface area contributed by atoms with Gasteiger partial charge in [0.1, 0.15) is 0 Å². The van der Waals surface area contributed by atoms with E-state index in [1.54, 1.807) is 23.1 Å². The number of thioether (sulfide) groups is 1. The van der Waals surface area contributed by atoms with E-state index in [0.717, 1.165) is 36.7 Å². The zero-order valence-electron chi connectivity index (χ0n) is 13.9. The van der Waals surface area contributed by atoms with E-state index in [1.807, 2.05) is 17.5 Å². The number of aryl methyl sites for hydroxylation is 1. The Balaban J connectivity index is 1.44. The van der Waals surface area contributed by atoms with E-state index in [-0.39, 0.29) is 0 Å². The summed E-state index contributed by atoms with van der Waals surface area (Å²) in [6.45, 7) is 1.96. The Hall–Kier alpha value is -1.63. The van der Waals surface area contributed by atoms with Gasteiger partial charge in [0.2, 0.25) is 11.7 Å². The Bertz CT molecular complexity index is 738. The van der Waals surface area contributed by atoms with Gasteiger partial charge in [-0.25, -0.2) is 0 Å². The van der Waals surface area contributed by atoms with Gasteiger partial charge in [0.15, 0.2) is 0 Å². The smallest absolute Gasteiger partial charge is 0.227 e. The molecule has 3 aromatic rings. The fourth-order valence-electron chi connectivity index (χ4n) is 2.48. The highest BCUT2D eigenvalue weighted by Gasteiger charge is 2.09. The van der Waals surface area contributed by atoms with Gasteiger partial charge in [0.05, 0.1) is 4.88 Å². The molecule has 0 atom stereocenters. The van der Waals surface area contributed by atoms with Crippen molar-refractivity contribution < 1.29 is 4.52 Å². The third kappa shape index (κ3) is 4.69. The summed E-state index contributed by atoms with van der Waals surface area (Å²) in [5.41, 5.74) is 1.34. The standard InChI is InChI=1S/C18H21N3OS2/c1-21(13-14-7-9-15(23-2)10-8-14)11-3-6-17-19-18(20-22-17)16-5-4-12-24-16/h4-5,7-10,12H,3,6,11,13H2,1-2H3. The zero-order chi connectivity index (χ0) is 16.8. The maximum absolute atomic E-state index is 5.34. The van der Waals surface area contributed by atoms with Gasteiger partial charge < -0.3 is 9.42 Å². The van der Waals surface area contributed by atoms with Crippen LogP contribution in [0.15, 0.2) is 51.2 Å². The highest BCUT2D eigenvalue weighted by molar-refractivity contribution is 7.98. The predicted octanol–water partition coefficient (Wildman–Crippen LogP) is 4.58. The molecule has 2 aromatic heterocycles. The van der Waals surface area contributed by atoms with E-state index in [9.17, 15) is 0 Å². The molecule has 0 fully saturated rings. The van der Waals surface area contributed by atoms with Crippen LogP contribution in [0.25, 0.3) is 10.7 Å². The van der Waals surface area contributed by atoms with E-state index in [0.29, 0.717) is 5.82 Å². The van der Waals surface area contributed by atoms with Crippen LogP contribution in [-0.2, 0) is 13.0 Å². The van der Waals surface area contributed by atoms with E-state index >= 15 is 0 Å². The number of hydrogen-bond donors (Lipinski definition) is 0. The Kier molecular flexibility index (Phi) is 6.07. The summed E-state index contributed by atoms with van der Waals surface area (Å²) in [6.07, 6.45) is 3.92. The first-order valence-corrected chi connectivity index (χ1v) is 10.0. The Morgan fingerprint density at radius 3 is 2.75 bits per heavy atom. The number of nitrogens with zero attached hydrogens (tertiary/aromatic N) is 3. The molecule has 0 N–H and O–H groups in total. The van der Waals surface area contributed by atoms with Gasteiger partial charge in [0, 0.05) is 17.9 Å². The van der Waals surface area contributed by atoms with Crippen molar-refractivity contribution in [2.75, 3.05) is 19.8 Å². The second-order valence-electron chi connectivity index (χ2n) is 5.68. The molecule has 0 saturated carbocycles. The van der Waals surface area contributed by atoms with Crippen molar-refractivity contribution in [3.05, 3.63) is 53.2 Å². The van der Waals surface area contributed by atoms with Crippen molar-refractivity contribution in [2.24, 2.45) is 0 Å². The van der Waals surface area contributed by atoms with Crippen LogP contribution in [0, 0.1) is 0 Å². The first kappa shape index (κ1) is 17.2. The second kappa shape index (κ2) is 8.46. The molecule has 0 aliphatic rings. The number of thiophene rings is 1. The van der Waals surface area contributed by atoms with Crippen LogP contribution < -0.4 is 0 Å². The lowest BCUT2D eigenvalue weighted by Crippen LogP contribution is -2.19. The molecule has 0 unspecified atom stereocenters. The van der Waals surface area contributed by atoms with Crippen LogP contribution >= 0.6 is 23.1 Å². The molecule has 0 aliphatic heterocycles. The largest absolute Gasteiger partial charge is 0.339 e. The minimum Gasteiger partial charge on any atom is -0.339 e. The molecular weight excluding hydrogens is 338 g/mol. The molecule has 3 rings (SSSR count). The monoisotopic (exact) mass is 359 g/mol. The average molecular weight is 360 g/mol. The van der Waals surface area contributed by atoms with Gasteiger partial charge in [-0.2, -0.15) is 4.98 Å². The summed E-state index contributed by atoms with van der Waals surface area (Å²) in [7, 11) is 2.15. The summed E-state index contributed by atoms with van der Waals surface area (Å²) in [5.74, 6) is 1.42. The van der Waals surface area contributed by atoms with Crippen LogP contribution in [-0.4, -0.2) is 34.9 Å². The predicted molar refractivity (Wildman–Crippen MR) is 100 cm³/mol. The molecule has 24 heavy (non-hydrogen) atoms. The van der Waals surface area contributed by atoms with E-state index < -0.39 is 0 Å². The molecule has 0 aliphatic carbocycles. The van der Waals surface area contributed by atoms with Crippen LogP contribution in [0.3, 0.4) is 0 Å². The van der Waals surface area contributed by atoms with Crippen molar-refractivity contribution in [3.8, 4) is 10.7 Å². The molecule has 0 radical (unpaired) electrons. The maximum atomic E-state index is 5.34. The lowest BCUT2D eigenvalue weighted by Gasteiger charge is -2.16. The third-order valence-corrected chi connectivity index (χ3v) is 5.36. The average Bonchev–Trinajstić information content (AvgIpc) is 3.27. The zero-order valence-corrected chi connectivity index (χ0v) is 15.6. The van der Waals surface area contributed by atoms with Crippen molar-refractivity contribution in [3.63, 3.8) is 0 Å². The molecule has 0 bridgehead atoms. The summed E-state index contributed by atoms with van der Waals surface area (Å²) in [6, 6.07) is 12.8. The minimum atomic E-state index is 0.697. The molecule has 126 valence electrons. The summed E-state index contributed by atoms with van der Waals surface area (Å²) >= 11 is 3.40. The second-order valence-corrected chi connectivity index (χ2v) is 7.51. The van der Waals surface area contributed by atoms with E-state index in [4.69, 9.17) is 4.52 Å². The van der Waals surface area contributed by atoms with Gasteiger partial charge in [-0.15, -0.1) is 23.1 Å². The SMILES string of the molecule is CSc1ccc(CN(C)CCCc2nc(-c3cccs3)no2)cc1. The number of aromatic nitrogens is 2. The van der Waals surface area contributed by atoms with Gasteiger partial charge in [0.25, 0.3) is 0 Å². The fourth-order valence-corrected chi connectivity index (χ4v) is 3.54. The maximum Gasteiger partial charge on any atom is 0.227 e. The summed E-state index contributed by atoms with van der Waals surface area (Å²) < 4.78 is 5.34. The minimum absolute atomic E-state index is 0.697. The topological polar surface area (TPSA) is 42.2 Å². The lowest BCUT2D eigenvalue weighted by atomic mass is 10.2. The number of benzene rings is 1. The Morgan fingerprint density at radius 2 is 2.04 bits per heavy atom. The van der Waals surface area contributed by atoms with Crippen LogP contribution in [0.2, 0.25) is 0 Å². The van der Waals surface area contributed by atoms with Crippen LogP contribution in [0.1, 0.15) is 17.9 Å². The molecule has 4 nitrogen and oxygen atoms in total. The molecule has 0 saturated heterocycles. The molecule has 1 aromatic carbocycles. The summed E-state index contributed by atoms with van der Waals surface area (Å²) in [4.78, 5) is 9.15. The molecular formula is C18H21N3OS2. The van der Waals surface area contributed by atoms with Crippen molar-refractivity contribution in [1.82, 2.24) is 15.0 Å². The molecule has 0 spiro atoms. The van der Waals surface area contributed by atoms with Crippen LogP contribution in [0.4, 0.5) is 0 Å². The first-order chi connectivity index (χ1) is 11.7. The molecule has 2 heterocycles. The normalized spacial score (nSPS) is 11.3. The fraction of sp³-hybridized carbons (Fsp3) is 0.333. The van der Waals surface area contributed by atoms with E-state index in [2.05, 4.69) is 52.6 Å². The highest BCUT2D eigenvalue weighted by Crippen LogP contribution is 2.21. The third-order valence-electron chi connectivity index (χ3n) is 3.75. The summed E-state index contributed by atoms with van der Waals surface area (Å²) in [5, 5.41) is 6.07. The quantitative estimate of drug-likeness (QED) is 0.551. The lowest BCUT2D eigenvalue weighted by molar-refractivity contribution is 0.310. The van der Waals surface area contributed by atoms with Gasteiger partial charge >= 0.3 is 0 Å². The van der Waals surface area contributed by atoms with Crippen molar-refractivity contribution in [2.45, 2.75) is 24.3 Å². The van der Waals surface area contributed by atoms with Crippen LogP contribution in [0.5, 0.6) is 0 Å².